The number of benzene rings is 2. The Morgan fingerprint density at radius 1 is 1.21 bits per heavy atom. The second-order valence-corrected chi connectivity index (χ2v) is 6.83. The van der Waals surface area contributed by atoms with Crippen molar-refractivity contribution in [2.45, 2.75) is 6.92 Å². The van der Waals surface area contributed by atoms with Crippen LogP contribution in [0.3, 0.4) is 0 Å². The molecule has 0 spiro atoms. The highest BCUT2D eigenvalue weighted by molar-refractivity contribution is 9.10. The Hall–Kier alpha value is -2.58. The van der Waals surface area contributed by atoms with Gasteiger partial charge in [-0.2, -0.15) is 5.10 Å². The zero-order chi connectivity index (χ0) is 20.7. The number of methoxy groups -OCH3 is 2. The Bertz CT molecular complexity index is 917. The summed E-state index contributed by atoms with van der Waals surface area (Å²) >= 11 is 9.47. The van der Waals surface area contributed by atoms with Crippen LogP contribution in [-0.4, -0.2) is 38.9 Å². The van der Waals surface area contributed by atoms with Crippen LogP contribution in [-0.2, 0) is 9.53 Å². The lowest BCUT2D eigenvalue weighted by molar-refractivity contribution is -0.142. The Balaban J connectivity index is 2.12. The second-order valence-electron chi connectivity index (χ2n) is 5.57. The minimum atomic E-state index is -0.513. The van der Waals surface area contributed by atoms with Crippen molar-refractivity contribution >= 4 is 45.6 Å². The molecular weight excluding hydrogens is 452 g/mol. The molecule has 2 rings (SSSR count). The number of nitrogens with zero attached hydrogens (tertiary/aromatic N) is 1. The van der Waals surface area contributed by atoms with E-state index >= 15 is 0 Å². The molecule has 0 saturated heterocycles. The molecule has 2 aromatic rings. The van der Waals surface area contributed by atoms with Crippen molar-refractivity contribution in [3.05, 3.63) is 56.5 Å². The van der Waals surface area contributed by atoms with Crippen molar-refractivity contribution in [1.29, 1.82) is 0 Å². The lowest BCUT2D eigenvalue weighted by atomic mass is 10.1. The third-order valence-electron chi connectivity index (χ3n) is 3.60. The first-order chi connectivity index (χ1) is 13.3. The predicted octanol–water partition coefficient (Wildman–Crippen LogP) is 3.74. The topological polar surface area (TPSA) is 86.2 Å². The molecular formula is C19H18BrClN2O5. The fraction of sp³-hybridized carbons (Fsp3) is 0.211. The zero-order valence-corrected chi connectivity index (χ0v) is 17.8. The Kier molecular flexibility index (Phi) is 7.83. The SMILES string of the molecule is COC(=O)COc1cc(Br)c(/C=N\NC(=O)c2ccc(C)cc2Cl)cc1OC. The van der Waals surface area contributed by atoms with E-state index in [2.05, 4.69) is 31.2 Å². The second kappa shape index (κ2) is 10.1. The average Bonchev–Trinajstić information content (AvgIpc) is 2.67. The number of carbonyl (C=O) groups is 2. The van der Waals surface area contributed by atoms with Crippen LogP contribution in [0, 0.1) is 6.92 Å². The van der Waals surface area contributed by atoms with Gasteiger partial charge in [0.25, 0.3) is 5.91 Å². The summed E-state index contributed by atoms with van der Waals surface area (Å²) in [6.07, 6.45) is 1.44. The maximum atomic E-state index is 12.2. The van der Waals surface area contributed by atoms with Crippen LogP contribution in [0.15, 0.2) is 39.9 Å². The molecule has 0 aliphatic heterocycles. The molecule has 0 unspecified atom stereocenters. The molecule has 0 heterocycles. The molecule has 0 radical (unpaired) electrons. The summed E-state index contributed by atoms with van der Waals surface area (Å²) in [5, 5.41) is 4.30. The molecule has 0 bridgehead atoms. The van der Waals surface area contributed by atoms with Gasteiger partial charge in [-0.25, -0.2) is 10.2 Å². The van der Waals surface area contributed by atoms with Gasteiger partial charge in [-0.15, -0.1) is 0 Å². The molecule has 0 fully saturated rings. The van der Waals surface area contributed by atoms with E-state index in [4.69, 9.17) is 21.1 Å². The summed E-state index contributed by atoms with van der Waals surface area (Å²) in [6, 6.07) is 8.40. The molecule has 148 valence electrons. The van der Waals surface area contributed by atoms with Crippen LogP contribution in [0.25, 0.3) is 0 Å². The zero-order valence-electron chi connectivity index (χ0n) is 15.4. The fourth-order valence-corrected chi connectivity index (χ4v) is 2.89. The average molecular weight is 470 g/mol. The standard InChI is InChI=1S/C19H18BrClN2O5/c1-11-4-5-13(15(21)6-11)19(25)23-22-9-12-7-16(26-2)17(8-14(12)20)28-10-18(24)27-3/h4-9H,10H2,1-3H3,(H,23,25)/b22-9-. The molecule has 0 aliphatic carbocycles. The minimum absolute atomic E-state index is 0.250. The maximum absolute atomic E-state index is 12.2. The lowest BCUT2D eigenvalue weighted by Gasteiger charge is -2.12. The van der Waals surface area contributed by atoms with E-state index in [1.54, 1.807) is 30.3 Å². The van der Waals surface area contributed by atoms with E-state index in [0.717, 1.165) is 5.56 Å². The molecule has 0 aliphatic rings. The van der Waals surface area contributed by atoms with E-state index in [1.165, 1.54) is 20.4 Å². The van der Waals surface area contributed by atoms with Gasteiger partial charge in [0, 0.05) is 10.0 Å². The first-order valence-electron chi connectivity index (χ1n) is 8.02. The molecule has 0 saturated carbocycles. The van der Waals surface area contributed by atoms with Crippen LogP contribution in [0.4, 0.5) is 0 Å². The number of hydrogen-bond acceptors (Lipinski definition) is 6. The molecule has 1 N–H and O–H groups in total. The minimum Gasteiger partial charge on any atom is -0.493 e. The smallest absolute Gasteiger partial charge is 0.343 e. The number of rotatable bonds is 7. The number of amides is 1. The summed E-state index contributed by atoms with van der Waals surface area (Å²) in [5.41, 5.74) is 4.33. The summed E-state index contributed by atoms with van der Waals surface area (Å²) in [6.45, 7) is 1.63. The number of aryl methyl sites for hydroxylation is 1. The van der Waals surface area contributed by atoms with E-state index in [-0.39, 0.29) is 6.61 Å². The van der Waals surface area contributed by atoms with Crippen molar-refractivity contribution < 1.29 is 23.8 Å². The number of halogens is 2. The Labute approximate surface area is 175 Å². The van der Waals surface area contributed by atoms with Gasteiger partial charge in [-0.3, -0.25) is 4.79 Å². The molecule has 2 aromatic carbocycles. The van der Waals surface area contributed by atoms with Gasteiger partial charge >= 0.3 is 5.97 Å². The molecule has 9 heteroatoms. The van der Waals surface area contributed by atoms with Crippen molar-refractivity contribution in [1.82, 2.24) is 5.43 Å². The summed E-state index contributed by atoms with van der Waals surface area (Å²) in [4.78, 5) is 23.4. The third-order valence-corrected chi connectivity index (χ3v) is 4.59. The highest BCUT2D eigenvalue weighted by Crippen LogP contribution is 2.33. The van der Waals surface area contributed by atoms with Crippen molar-refractivity contribution in [2.75, 3.05) is 20.8 Å². The number of ether oxygens (including phenoxy) is 3. The largest absolute Gasteiger partial charge is 0.493 e. The van der Waals surface area contributed by atoms with Gasteiger partial charge in [0.2, 0.25) is 0 Å². The van der Waals surface area contributed by atoms with Gasteiger partial charge in [-0.1, -0.05) is 17.7 Å². The highest BCUT2D eigenvalue weighted by atomic mass is 79.9. The van der Waals surface area contributed by atoms with E-state index < -0.39 is 11.9 Å². The summed E-state index contributed by atoms with van der Waals surface area (Å²) < 4.78 is 15.8. The number of esters is 1. The van der Waals surface area contributed by atoms with E-state index in [0.29, 0.717) is 32.1 Å². The van der Waals surface area contributed by atoms with E-state index in [9.17, 15) is 9.59 Å². The van der Waals surface area contributed by atoms with E-state index in [1.807, 2.05) is 6.92 Å². The van der Waals surface area contributed by atoms with Crippen LogP contribution >= 0.6 is 27.5 Å². The first kappa shape index (κ1) is 21.7. The van der Waals surface area contributed by atoms with Gasteiger partial charge < -0.3 is 14.2 Å². The predicted molar refractivity (Wildman–Crippen MR) is 109 cm³/mol. The van der Waals surface area contributed by atoms with Crippen LogP contribution in [0.5, 0.6) is 11.5 Å². The first-order valence-corrected chi connectivity index (χ1v) is 9.19. The Morgan fingerprint density at radius 2 is 1.96 bits per heavy atom. The van der Waals surface area contributed by atoms with Crippen molar-refractivity contribution in [3.8, 4) is 11.5 Å². The Morgan fingerprint density at radius 3 is 2.61 bits per heavy atom. The molecule has 1 amide bonds. The monoisotopic (exact) mass is 468 g/mol. The maximum Gasteiger partial charge on any atom is 0.343 e. The van der Waals surface area contributed by atoms with Crippen molar-refractivity contribution in [3.63, 3.8) is 0 Å². The van der Waals surface area contributed by atoms with Crippen LogP contribution in [0.2, 0.25) is 5.02 Å². The van der Waals surface area contributed by atoms with Gasteiger partial charge in [0.1, 0.15) is 0 Å². The molecule has 7 nitrogen and oxygen atoms in total. The van der Waals surface area contributed by atoms with Crippen molar-refractivity contribution in [2.24, 2.45) is 5.10 Å². The summed E-state index contributed by atoms with van der Waals surface area (Å²) in [7, 11) is 2.74. The number of carbonyl (C=O) groups excluding carboxylic acids is 2. The normalized spacial score (nSPS) is 10.6. The highest BCUT2D eigenvalue weighted by Gasteiger charge is 2.12. The quantitative estimate of drug-likeness (QED) is 0.379. The summed E-state index contributed by atoms with van der Waals surface area (Å²) in [5.74, 6) is -0.197. The van der Waals surface area contributed by atoms with Gasteiger partial charge in [0.15, 0.2) is 18.1 Å². The van der Waals surface area contributed by atoms with Crippen LogP contribution in [0.1, 0.15) is 21.5 Å². The third kappa shape index (κ3) is 5.71. The number of hydrazone groups is 1. The van der Waals surface area contributed by atoms with Gasteiger partial charge in [0.05, 0.1) is 31.0 Å². The molecule has 28 heavy (non-hydrogen) atoms. The number of hydrogen-bond donors (Lipinski definition) is 1. The molecule has 0 aromatic heterocycles. The lowest BCUT2D eigenvalue weighted by Crippen LogP contribution is -2.18. The fourth-order valence-electron chi connectivity index (χ4n) is 2.14. The molecule has 0 atom stereocenters. The number of nitrogens with one attached hydrogen (secondary N) is 1. The van der Waals surface area contributed by atoms with Gasteiger partial charge in [-0.05, 0) is 52.7 Å². The van der Waals surface area contributed by atoms with Crippen LogP contribution < -0.4 is 14.9 Å².